The minimum Gasteiger partial charge on any atom is -0.497 e. The molecule has 0 unspecified atom stereocenters. The van der Waals surface area contributed by atoms with Crippen molar-refractivity contribution in [3.8, 4) is 11.5 Å². The molecule has 0 aliphatic carbocycles. The molecule has 23 heavy (non-hydrogen) atoms. The minimum absolute atomic E-state index is 0.0541. The number of carboxylic acid groups (broad SMARTS) is 1. The maximum absolute atomic E-state index is 11.3. The van der Waals surface area contributed by atoms with E-state index in [2.05, 4.69) is 4.98 Å². The second-order valence-electron chi connectivity index (χ2n) is 4.82. The fourth-order valence-corrected chi connectivity index (χ4v) is 2.33. The number of ether oxygens (including phenoxy) is 2. The number of hydrogen-bond donors (Lipinski definition) is 2. The number of hydrogen-bond acceptors (Lipinski definition) is 5. The van der Waals surface area contributed by atoms with E-state index in [0.29, 0.717) is 28.7 Å². The summed E-state index contributed by atoms with van der Waals surface area (Å²) in [7, 11) is 1.57. The second kappa shape index (κ2) is 5.88. The molecule has 0 saturated heterocycles. The number of nitrogens with two attached hydrogens (primary N) is 1. The SMILES string of the molecule is COc1cccc(OCc2nc(C(=O)O)c3cccc(N)n23)c1. The molecule has 2 aromatic heterocycles. The standard InChI is InChI=1S/C16H15N3O4/c1-22-10-4-2-5-11(8-10)23-9-14-18-15(16(20)21)12-6-3-7-13(17)19(12)14/h2-8H,9,17H2,1H3,(H,20,21). The molecule has 3 rings (SSSR count). The Labute approximate surface area is 131 Å². The van der Waals surface area contributed by atoms with Crippen LogP contribution in [0.1, 0.15) is 16.3 Å². The van der Waals surface area contributed by atoms with E-state index in [9.17, 15) is 9.90 Å². The second-order valence-corrected chi connectivity index (χ2v) is 4.82. The third kappa shape index (κ3) is 2.76. The molecule has 7 heteroatoms. The summed E-state index contributed by atoms with van der Waals surface area (Å²) >= 11 is 0. The number of nitrogen functional groups attached to an aromatic ring is 1. The molecule has 7 nitrogen and oxygen atoms in total. The zero-order chi connectivity index (χ0) is 16.4. The number of aromatic carboxylic acids is 1. The van der Waals surface area contributed by atoms with Gasteiger partial charge in [0.2, 0.25) is 0 Å². The summed E-state index contributed by atoms with van der Waals surface area (Å²) in [6.07, 6.45) is 0. The van der Waals surface area contributed by atoms with Gasteiger partial charge in [0.1, 0.15) is 23.9 Å². The van der Waals surface area contributed by atoms with Crippen LogP contribution < -0.4 is 15.2 Å². The van der Waals surface area contributed by atoms with Crippen molar-refractivity contribution < 1.29 is 19.4 Å². The van der Waals surface area contributed by atoms with E-state index in [0.717, 1.165) is 0 Å². The molecule has 0 amide bonds. The summed E-state index contributed by atoms with van der Waals surface area (Å²) < 4.78 is 12.4. The number of fused-ring (bicyclic) bond motifs is 1. The normalized spacial score (nSPS) is 10.7. The molecular weight excluding hydrogens is 298 g/mol. The molecule has 3 N–H and O–H groups in total. The Morgan fingerprint density at radius 1 is 1.26 bits per heavy atom. The summed E-state index contributed by atoms with van der Waals surface area (Å²) in [5, 5.41) is 9.27. The molecule has 2 heterocycles. The Kier molecular flexibility index (Phi) is 3.76. The number of aromatic nitrogens is 2. The average Bonchev–Trinajstić information content (AvgIpc) is 2.93. The zero-order valence-corrected chi connectivity index (χ0v) is 12.4. The first kappa shape index (κ1) is 14.7. The molecule has 0 aliphatic rings. The van der Waals surface area contributed by atoms with Gasteiger partial charge in [-0.1, -0.05) is 12.1 Å². The van der Waals surface area contributed by atoms with Crippen LogP contribution in [0.4, 0.5) is 5.82 Å². The van der Waals surface area contributed by atoms with Gasteiger partial charge in [0.15, 0.2) is 11.5 Å². The number of rotatable bonds is 5. The van der Waals surface area contributed by atoms with Gasteiger partial charge in [-0.05, 0) is 24.3 Å². The summed E-state index contributed by atoms with van der Waals surface area (Å²) in [5.41, 5.74) is 6.32. The smallest absolute Gasteiger partial charge is 0.356 e. The van der Waals surface area contributed by atoms with Crippen LogP contribution in [0, 0.1) is 0 Å². The number of imidazole rings is 1. The Morgan fingerprint density at radius 3 is 2.74 bits per heavy atom. The van der Waals surface area contributed by atoms with Crippen molar-refractivity contribution in [3.63, 3.8) is 0 Å². The molecule has 118 valence electrons. The van der Waals surface area contributed by atoms with Gasteiger partial charge in [-0.25, -0.2) is 9.78 Å². The van der Waals surface area contributed by atoms with E-state index < -0.39 is 5.97 Å². The highest BCUT2D eigenvalue weighted by Gasteiger charge is 2.18. The van der Waals surface area contributed by atoms with Crippen molar-refractivity contribution in [2.24, 2.45) is 0 Å². The van der Waals surface area contributed by atoms with Crippen molar-refractivity contribution in [1.82, 2.24) is 9.38 Å². The van der Waals surface area contributed by atoms with Crippen LogP contribution in [0.3, 0.4) is 0 Å². The van der Waals surface area contributed by atoms with Crippen molar-refractivity contribution >= 4 is 17.3 Å². The minimum atomic E-state index is -1.11. The van der Waals surface area contributed by atoms with Crippen molar-refractivity contribution in [3.05, 3.63) is 54.0 Å². The molecule has 0 saturated carbocycles. The van der Waals surface area contributed by atoms with Crippen LogP contribution in [0.2, 0.25) is 0 Å². The molecule has 0 atom stereocenters. The van der Waals surface area contributed by atoms with Crippen molar-refractivity contribution in [1.29, 1.82) is 0 Å². The maximum Gasteiger partial charge on any atom is 0.356 e. The predicted molar refractivity (Wildman–Crippen MR) is 83.9 cm³/mol. The number of anilines is 1. The quantitative estimate of drug-likeness (QED) is 0.749. The lowest BCUT2D eigenvalue weighted by molar-refractivity contribution is 0.0693. The van der Waals surface area contributed by atoms with Crippen LogP contribution >= 0.6 is 0 Å². The molecule has 0 aliphatic heterocycles. The number of methoxy groups -OCH3 is 1. The van der Waals surface area contributed by atoms with Gasteiger partial charge in [0, 0.05) is 6.07 Å². The average molecular weight is 313 g/mol. The molecule has 0 fully saturated rings. The van der Waals surface area contributed by atoms with Crippen LogP contribution in [0.5, 0.6) is 11.5 Å². The Hall–Kier alpha value is -3.22. The first-order valence-corrected chi connectivity index (χ1v) is 6.86. The number of pyridine rings is 1. The lowest BCUT2D eigenvalue weighted by Crippen LogP contribution is -2.05. The van der Waals surface area contributed by atoms with Crippen LogP contribution in [0.25, 0.3) is 5.52 Å². The molecule has 1 aromatic carbocycles. The molecule has 3 aromatic rings. The highest BCUT2D eigenvalue weighted by atomic mass is 16.5. The van der Waals surface area contributed by atoms with Gasteiger partial charge in [-0.15, -0.1) is 0 Å². The summed E-state index contributed by atoms with van der Waals surface area (Å²) in [6, 6.07) is 12.1. The van der Waals surface area contributed by atoms with Gasteiger partial charge >= 0.3 is 5.97 Å². The first-order valence-electron chi connectivity index (χ1n) is 6.86. The van der Waals surface area contributed by atoms with Crippen LogP contribution in [-0.2, 0) is 6.61 Å². The van der Waals surface area contributed by atoms with Crippen LogP contribution in [-0.4, -0.2) is 27.6 Å². The highest BCUT2D eigenvalue weighted by molar-refractivity contribution is 5.94. The lowest BCUT2D eigenvalue weighted by atomic mass is 10.3. The van der Waals surface area contributed by atoms with E-state index in [1.54, 1.807) is 54.0 Å². The van der Waals surface area contributed by atoms with E-state index in [-0.39, 0.29) is 12.3 Å². The largest absolute Gasteiger partial charge is 0.497 e. The van der Waals surface area contributed by atoms with Crippen molar-refractivity contribution in [2.75, 3.05) is 12.8 Å². The zero-order valence-electron chi connectivity index (χ0n) is 12.4. The monoisotopic (exact) mass is 313 g/mol. The third-order valence-corrected chi connectivity index (χ3v) is 3.37. The van der Waals surface area contributed by atoms with E-state index >= 15 is 0 Å². The lowest BCUT2D eigenvalue weighted by Gasteiger charge is -2.08. The number of carboxylic acids is 1. The van der Waals surface area contributed by atoms with E-state index in [1.165, 1.54) is 0 Å². The molecule has 0 radical (unpaired) electrons. The fraction of sp³-hybridized carbons (Fsp3) is 0.125. The third-order valence-electron chi connectivity index (χ3n) is 3.37. The first-order chi connectivity index (χ1) is 11.1. The fourth-order valence-electron chi connectivity index (χ4n) is 2.33. The highest BCUT2D eigenvalue weighted by Crippen LogP contribution is 2.22. The Morgan fingerprint density at radius 2 is 2.00 bits per heavy atom. The van der Waals surface area contributed by atoms with Gasteiger partial charge in [-0.3, -0.25) is 4.40 Å². The van der Waals surface area contributed by atoms with E-state index in [1.807, 2.05) is 0 Å². The summed E-state index contributed by atoms with van der Waals surface area (Å²) in [4.78, 5) is 15.5. The van der Waals surface area contributed by atoms with Crippen LogP contribution in [0.15, 0.2) is 42.5 Å². The molecule has 0 spiro atoms. The van der Waals surface area contributed by atoms with Gasteiger partial charge < -0.3 is 20.3 Å². The molecule has 0 bridgehead atoms. The van der Waals surface area contributed by atoms with Gasteiger partial charge in [-0.2, -0.15) is 0 Å². The number of benzene rings is 1. The van der Waals surface area contributed by atoms with Gasteiger partial charge in [0.05, 0.1) is 12.6 Å². The van der Waals surface area contributed by atoms with E-state index in [4.69, 9.17) is 15.2 Å². The Bertz CT molecular complexity index is 873. The van der Waals surface area contributed by atoms with Gasteiger partial charge in [0.25, 0.3) is 0 Å². The maximum atomic E-state index is 11.3. The summed E-state index contributed by atoms with van der Waals surface area (Å²) in [5.74, 6) is 0.958. The number of carbonyl (C=O) groups is 1. The van der Waals surface area contributed by atoms with Crippen molar-refractivity contribution in [2.45, 2.75) is 6.61 Å². The topological polar surface area (TPSA) is 99.1 Å². The Balaban J connectivity index is 1.95. The predicted octanol–water partition coefficient (Wildman–Crippen LogP) is 2.20. The molecular formula is C16H15N3O4. The summed E-state index contributed by atoms with van der Waals surface area (Å²) in [6.45, 7) is 0.0792. The number of nitrogens with zero attached hydrogens (tertiary/aromatic N) is 2.